The van der Waals surface area contributed by atoms with Crippen LogP contribution in [0.1, 0.15) is 11.3 Å². The molecule has 0 aliphatic rings. The zero-order valence-electron chi connectivity index (χ0n) is 9.66. The molecule has 0 bridgehead atoms. The van der Waals surface area contributed by atoms with Crippen LogP contribution in [0.4, 0.5) is 8.78 Å². The molecule has 0 aliphatic heterocycles. The van der Waals surface area contributed by atoms with Gasteiger partial charge in [0.2, 0.25) is 0 Å². The van der Waals surface area contributed by atoms with Gasteiger partial charge in [-0.15, -0.1) is 11.6 Å². The minimum Gasteiger partial charge on any atom is -0.325 e. The third-order valence-electron chi connectivity index (χ3n) is 2.57. The van der Waals surface area contributed by atoms with Crippen molar-refractivity contribution < 1.29 is 8.78 Å². The molecule has 0 aliphatic carbocycles. The fraction of sp³-hybridized carbons (Fsp3) is 0.250. The van der Waals surface area contributed by atoms with E-state index in [9.17, 15) is 8.78 Å². The van der Waals surface area contributed by atoms with Crippen molar-refractivity contribution in [3.8, 4) is 0 Å². The lowest BCUT2D eigenvalue weighted by molar-refractivity contribution is 0.502. The molecule has 2 rings (SSSR count). The van der Waals surface area contributed by atoms with Crippen LogP contribution in [0.2, 0.25) is 0 Å². The smallest absolute Gasteiger partial charge is 0.168 e. The fourth-order valence-corrected chi connectivity index (χ4v) is 2.68. The molecule has 0 atom stereocenters. The van der Waals surface area contributed by atoms with E-state index in [1.54, 1.807) is 12.3 Å². The molecule has 1 aromatic carbocycles. The molecule has 18 heavy (non-hydrogen) atoms. The van der Waals surface area contributed by atoms with Crippen molar-refractivity contribution in [3.63, 3.8) is 0 Å². The summed E-state index contributed by atoms with van der Waals surface area (Å²) >= 11 is 7.07. The second-order valence-electron chi connectivity index (χ2n) is 3.73. The Morgan fingerprint density at radius 1 is 1.39 bits per heavy atom. The molecule has 0 amide bonds. The monoisotopic (exact) mass is 288 g/mol. The van der Waals surface area contributed by atoms with Crippen LogP contribution in [-0.4, -0.2) is 9.55 Å². The van der Waals surface area contributed by atoms with E-state index < -0.39 is 11.6 Å². The molecule has 1 heterocycles. The van der Waals surface area contributed by atoms with Gasteiger partial charge >= 0.3 is 0 Å². The Morgan fingerprint density at radius 2 is 2.17 bits per heavy atom. The third kappa shape index (κ3) is 2.67. The van der Waals surface area contributed by atoms with Crippen LogP contribution in [0, 0.1) is 11.6 Å². The van der Waals surface area contributed by atoms with Crippen molar-refractivity contribution in [2.24, 2.45) is 7.05 Å². The summed E-state index contributed by atoms with van der Waals surface area (Å²) in [4.78, 5) is 4.18. The summed E-state index contributed by atoms with van der Waals surface area (Å²) in [5.41, 5.74) is 1.22. The highest BCUT2D eigenvalue weighted by molar-refractivity contribution is 7.98. The van der Waals surface area contributed by atoms with Gasteiger partial charge in [0.15, 0.2) is 16.8 Å². The van der Waals surface area contributed by atoms with Gasteiger partial charge in [0.1, 0.15) is 0 Å². The van der Waals surface area contributed by atoms with E-state index in [0.717, 1.165) is 16.9 Å². The summed E-state index contributed by atoms with van der Waals surface area (Å²) in [6.45, 7) is 0. The predicted octanol–water partition coefficient (Wildman–Crippen LogP) is 3.73. The molecule has 0 radical (unpaired) electrons. The summed E-state index contributed by atoms with van der Waals surface area (Å²) in [5, 5.41) is 0.731. The Balaban J connectivity index is 2.11. The lowest BCUT2D eigenvalue weighted by Crippen LogP contribution is -1.97. The molecule has 0 saturated carbocycles. The van der Waals surface area contributed by atoms with Crippen molar-refractivity contribution in [3.05, 3.63) is 47.3 Å². The van der Waals surface area contributed by atoms with Crippen molar-refractivity contribution in [2.75, 3.05) is 0 Å². The number of benzene rings is 1. The van der Waals surface area contributed by atoms with Gasteiger partial charge in [-0.1, -0.05) is 23.9 Å². The van der Waals surface area contributed by atoms with Crippen LogP contribution in [0.15, 0.2) is 29.6 Å². The number of rotatable bonds is 4. The highest BCUT2D eigenvalue weighted by atomic mass is 35.5. The zero-order chi connectivity index (χ0) is 13.1. The molecule has 6 heteroatoms. The number of aromatic nitrogens is 2. The number of imidazole rings is 1. The van der Waals surface area contributed by atoms with E-state index in [1.807, 2.05) is 11.6 Å². The molecule has 0 N–H and O–H groups in total. The maximum absolute atomic E-state index is 13.4. The Bertz CT molecular complexity index is 557. The highest BCUT2D eigenvalue weighted by Crippen LogP contribution is 2.24. The minimum absolute atomic E-state index is 0.329. The second kappa shape index (κ2) is 5.71. The standard InChI is InChI=1S/C12H11ClF2N2S/c1-17-9(5-13)6-16-12(17)18-7-8-3-2-4-10(14)11(8)15/h2-4,6H,5,7H2,1H3. The van der Waals surface area contributed by atoms with E-state index in [4.69, 9.17) is 11.6 Å². The molecule has 0 unspecified atom stereocenters. The van der Waals surface area contributed by atoms with E-state index in [0.29, 0.717) is 17.2 Å². The Labute approximate surface area is 113 Å². The summed E-state index contributed by atoms with van der Waals surface area (Å²) in [5.74, 6) is -0.916. The highest BCUT2D eigenvalue weighted by Gasteiger charge is 2.10. The number of hydrogen-bond acceptors (Lipinski definition) is 2. The van der Waals surface area contributed by atoms with Crippen LogP contribution in [0.5, 0.6) is 0 Å². The minimum atomic E-state index is -0.825. The van der Waals surface area contributed by atoms with Gasteiger partial charge in [-0.3, -0.25) is 0 Å². The molecule has 2 nitrogen and oxygen atoms in total. The summed E-state index contributed by atoms with van der Waals surface area (Å²) < 4.78 is 28.3. The van der Waals surface area contributed by atoms with E-state index in [-0.39, 0.29) is 0 Å². The van der Waals surface area contributed by atoms with Gasteiger partial charge < -0.3 is 4.57 Å². The Kier molecular flexibility index (Phi) is 4.24. The number of thioether (sulfide) groups is 1. The quantitative estimate of drug-likeness (QED) is 0.630. The third-order valence-corrected chi connectivity index (χ3v) is 3.93. The molecular weight excluding hydrogens is 278 g/mol. The average Bonchev–Trinajstić information content (AvgIpc) is 2.72. The first-order valence-corrected chi connectivity index (χ1v) is 6.77. The number of nitrogens with zero attached hydrogens (tertiary/aromatic N) is 2. The second-order valence-corrected chi connectivity index (χ2v) is 4.94. The lowest BCUT2D eigenvalue weighted by Gasteiger charge is -2.05. The van der Waals surface area contributed by atoms with Gasteiger partial charge in [0.05, 0.1) is 17.8 Å². The van der Waals surface area contributed by atoms with Crippen LogP contribution >= 0.6 is 23.4 Å². The van der Waals surface area contributed by atoms with Gasteiger partial charge in [-0.25, -0.2) is 13.8 Å². The van der Waals surface area contributed by atoms with Crippen molar-refractivity contribution in [1.29, 1.82) is 0 Å². The molecule has 96 valence electrons. The molecule has 0 fully saturated rings. The lowest BCUT2D eigenvalue weighted by atomic mass is 10.2. The number of alkyl halides is 1. The van der Waals surface area contributed by atoms with Crippen molar-refractivity contribution in [1.82, 2.24) is 9.55 Å². The molecular formula is C12H11ClF2N2S. The van der Waals surface area contributed by atoms with Gasteiger partial charge in [0, 0.05) is 18.4 Å². The molecule has 2 aromatic rings. The fourth-order valence-electron chi connectivity index (χ4n) is 1.49. The summed E-state index contributed by atoms with van der Waals surface area (Å²) in [6, 6.07) is 4.17. The summed E-state index contributed by atoms with van der Waals surface area (Å²) in [7, 11) is 1.84. The largest absolute Gasteiger partial charge is 0.325 e. The van der Waals surface area contributed by atoms with Crippen LogP contribution in [-0.2, 0) is 18.7 Å². The maximum Gasteiger partial charge on any atom is 0.168 e. The number of hydrogen-bond donors (Lipinski definition) is 0. The normalized spacial score (nSPS) is 10.9. The number of halogens is 3. The predicted molar refractivity (Wildman–Crippen MR) is 68.7 cm³/mol. The van der Waals surface area contributed by atoms with Gasteiger partial charge in [-0.2, -0.15) is 0 Å². The van der Waals surface area contributed by atoms with Crippen LogP contribution < -0.4 is 0 Å². The molecule has 1 aromatic heterocycles. The molecule has 0 spiro atoms. The first-order valence-electron chi connectivity index (χ1n) is 5.25. The molecule has 0 saturated heterocycles. The first-order chi connectivity index (χ1) is 8.63. The van der Waals surface area contributed by atoms with Crippen LogP contribution in [0.25, 0.3) is 0 Å². The summed E-state index contributed by atoms with van der Waals surface area (Å²) in [6.07, 6.45) is 1.68. The zero-order valence-corrected chi connectivity index (χ0v) is 11.2. The average molecular weight is 289 g/mol. The van der Waals surface area contributed by atoms with Crippen LogP contribution in [0.3, 0.4) is 0 Å². The Hall–Kier alpha value is -1.07. The van der Waals surface area contributed by atoms with E-state index in [1.165, 1.54) is 17.8 Å². The first kappa shape index (κ1) is 13.4. The SMILES string of the molecule is Cn1c(CCl)cnc1SCc1cccc(F)c1F. The van der Waals surface area contributed by atoms with Gasteiger partial charge in [0.25, 0.3) is 0 Å². The van der Waals surface area contributed by atoms with E-state index >= 15 is 0 Å². The van der Waals surface area contributed by atoms with Crippen molar-refractivity contribution in [2.45, 2.75) is 16.8 Å². The van der Waals surface area contributed by atoms with Crippen molar-refractivity contribution >= 4 is 23.4 Å². The Morgan fingerprint density at radius 3 is 2.83 bits per heavy atom. The van der Waals surface area contributed by atoms with E-state index in [2.05, 4.69) is 4.98 Å². The maximum atomic E-state index is 13.4. The van der Waals surface area contributed by atoms with Gasteiger partial charge in [-0.05, 0) is 6.07 Å². The topological polar surface area (TPSA) is 17.8 Å².